The van der Waals surface area contributed by atoms with Gasteiger partial charge < -0.3 is 9.47 Å². The molecule has 1 unspecified atom stereocenters. The molecule has 2 rings (SSSR count). The second-order valence-corrected chi connectivity index (χ2v) is 6.65. The fraction of sp³-hybridized carbons (Fsp3) is 0.200. The van der Waals surface area contributed by atoms with Crippen LogP contribution in [0.25, 0.3) is 0 Å². The third-order valence-corrected chi connectivity index (χ3v) is 5.15. The Bertz CT molecular complexity index is 619. The molecule has 1 atom stereocenters. The second-order valence-electron chi connectivity index (χ2n) is 4.14. The summed E-state index contributed by atoms with van der Waals surface area (Å²) in [6.45, 7) is 0. The predicted molar refractivity (Wildman–Crippen MR) is 94.5 cm³/mol. The van der Waals surface area contributed by atoms with Crippen molar-refractivity contribution in [3.8, 4) is 11.5 Å². The van der Waals surface area contributed by atoms with Gasteiger partial charge in [0.15, 0.2) is 0 Å². The highest BCUT2D eigenvalue weighted by atomic mass is 127. The third-order valence-electron chi connectivity index (χ3n) is 2.94. The summed E-state index contributed by atoms with van der Waals surface area (Å²) in [4.78, 5) is -0.0156. The number of benzene rings is 2. The fourth-order valence-electron chi connectivity index (χ4n) is 1.91. The average Bonchev–Trinajstić information content (AvgIpc) is 2.48. The number of alkyl halides is 1. The van der Waals surface area contributed by atoms with Gasteiger partial charge in [-0.25, -0.2) is 0 Å². The minimum absolute atomic E-state index is 0.0156. The number of hydrogen-bond acceptors (Lipinski definition) is 2. The Labute approximate surface area is 145 Å². The van der Waals surface area contributed by atoms with E-state index in [-0.39, 0.29) is 4.83 Å². The molecule has 0 heterocycles. The molecule has 0 fully saturated rings. The van der Waals surface area contributed by atoms with E-state index < -0.39 is 0 Å². The summed E-state index contributed by atoms with van der Waals surface area (Å²) in [5.74, 6) is 1.60. The molecule has 106 valence electrons. The number of halogens is 3. The summed E-state index contributed by atoms with van der Waals surface area (Å²) in [5, 5.41) is 0.715. The Kier molecular flexibility index (Phi) is 5.57. The van der Waals surface area contributed by atoms with E-state index in [1.807, 2.05) is 36.4 Å². The molecule has 0 aliphatic rings. The van der Waals surface area contributed by atoms with Crippen molar-refractivity contribution in [1.29, 1.82) is 0 Å². The number of hydrogen-bond donors (Lipinski definition) is 0. The molecule has 0 N–H and O–H groups in total. The summed E-state index contributed by atoms with van der Waals surface area (Å²) in [6, 6.07) is 11.6. The van der Waals surface area contributed by atoms with Gasteiger partial charge in [-0.2, -0.15) is 0 Å². The van der Waals surface area contributed by atoms with Crippen LogP contribution in [0.15, 0.2) is 36.4 Å². The molecule has 0 aliphatic carbocycles. The molecule has 0 aromatic heterocycles. The summed E-state index contributed by atoms with van der Waals surface area (Å²) in [7, 11) is 3.31. The Hall–Kier alpha value is -0.460. The highest BCUT2D eigenvalue weighted by Crippen LogP contribution is 2.40. The van der Waals surface area contributed by atoms with Gasteiger partial charge in [-0.1, -0.05) is 27.5 Å². The quantitative estimate of drug-likeness (QED) is 0.440. The lowest BCUT2D eigenvalue weighted by atomic mass is 10.0. The standard InChI is InChI=1S/C15H13BrClIO2/c1-19-10-4-6-14(20-2)12(8-10)15(16)11-7-9(17)3-5-13(11)18/h3-8,15H,1-2H3. The van der Waals surface area contributed by atoms with Crippen molar-refractivity contribution >= 4 is 50.1 Å². The zero-order valence-electron chi connectivity index (χ0n) is 11.0. The van der Waals surface area contributed by atoms with Crippen LogP contribution in [0.5, 0.6) is 11.5 Å². The molecule has 0 spiro atoms. The maximum atomic E-state index is 6.10. The molecule has 0 saturated carbocycles. The van der Waals surface area contributed by atoms with Crippen LogP contribution >= 0.6 is 50.1 Å². The van der Waals surface area contributed by atoms with Crippen molar-refractivity contribution in [3.05, 3.63) is 56.1 Å². The van der Waals surface area contributed by atoms with Gasteiger partial charge in [-0.05, 0) is 64.6 Å². The van der Waals surface area contributed by atoms with E-state index >= 15 is 0 Å². The van der Waals surface area contributed by atoms with E-state index in [9.17, 15) is 0 Å². The summed E-state index contributed by atoms with van der Waals surface area (Å²) in [6.07, 6.45) is 0. The van der Waals surface area contributed by atoms with Gasteiger partial charge in [-0.15, -0.1) is 0 Å². The van der Waals surface area contributed by atoms with E-state index in [1.165, 1.54) is 0 Å². The van der Waals surface area contributed by atoms with Gasteiger partial charge in [0.1, 0.15) is 11.5 Å². The highest BCUT2D eigenvalue weighted by molar-refractivity contribution is 14.1. The number of methoxy groups -OCH3 is 2. The monoisotopic (exact) mass is 466 g/mol. The Morgan fingerprint density at radius 3 is 2.45 bits per heavy atom. The van der Waals surface area contributed by atoms with Crippen LogP contribution in [0.4, 0.5) is 0 Å². The largest absolute Gasteiger partial charge is 0.497 e. The molecule has 5 heteroatoms. The molecule has 2 aromatic rings. The van der Waals surface area contributed by atoms with Crippen molar-refractivity contribution in [1.82, 2.24) is 0 Å². The maximum Gasteiger partial charge on any atom is 0.123 e. The van der Waals surface area contributed by atoms with E-state index in [2.05, 4.69) is 38.5 Å². The molecule has 0 saturated heterocycles. The van der Waals surface area contributed by atoms with Crippen molar-refractivity contribution in [2.45, 2.75) is 4.83 Å². The predicted octanol–water partition coefficient (Wildman–Crippen LogP) is 5.45. The first-order valence-electron chi connectivity index (χ1n) is 5.87. The van der Waals surface area contributed by atoms with Crippen molar-refractivity contribution < 1.29 is 9.47 Å². The van der Waals surface area contributed by atoms with Gasteiger partial charge >= 0.3 is 0 Å². The molecule has 20 heavy (non-hydrogen) atoms. The van der Waals surface area contributed by atoms with Crippen LogP contribution in [-0.4, -0.2) is 14.2 Å². The fourth-order valence-corrected chi connectivity index (χ4v) is 3.91. The zero-order chi connectivity index (χ0) is 14.7. The van der Waals surface area contributed by atoms with E-state index in [1.54, 1.807) is 14.2 Å². The summed E-state index contributed by atoms with van der Waals surface area (Å²) >= 11 is 12.1. The Balaban J connectivity index is 2.51. The molecule has 2 nitrogen and oxygen atoms in total. The van der Waals surface area contributed by atoms with Crippen LogP contribution in [0.3, 0.4) is 0 Å². The van der Waals surface area contributed by atoms with Gasteiger partial charge in [0.25, 0.3) is 0 Å². The van der Waals surface area contributed by atoms with Crippen molar-refractivity contribution in [2.24, 2.45) is 0 Å². The summed E-state index contributed by atoms with van der Waals surface area (Å²) < 4.78 is 11.9. The van der Waals surface area contributed by atoms with Gasteiger partial charge in [0.2, 0.25) is 0 Å². The molecular weight excluding hydrogens is 454 g/mol. The first-order valence-corrected chi connectivity index (χ1v) is 8.25. The van der Waals surface area contributed by atoms with E-state index in [4.69, 9.17) is 21.1 Å². The smallest absolute Gasteiger partial charge is 0.123 e. The minimum Gasteiger partial charge on any atom is -0.497 e. The lowest BCUT2D eigenvalue weighted by Gasteiger charge is -2.17. The molecule has 0 aliphatic heterocycles. The van der Waals surface area contributed by atoms with E-state index in [0.29, 0.717) is 5.02 Å². The molecule has 0 radical (unpaired) electrons. The number of rotatable bonds is 4. The van der Waals surface area contributed by atoms with E-state index in [0.717, 1.165) is 26.2 Å². The molecule has 2 aromatic carbocycles. The first kappa shape index (κ1) is 15.9. The second kappa shape index (κ2) is 7.00. The number of ether oxygens (including phenoxy) is 2. The normalized spacial score (nSPS) is 12.1. The Morgan fingerprint density at radius 2 is 1.80 bits per heavy atom. The minimum atomic E-state index is -0.0156. The average molecular weight is 468 g/mol. The van der Waals surface area contributed by atoms with Crippen LogP contribution in [0, 0.1) is 3.57 Å². The van der Waals surface area contributed by atoms with Gasteiger partial charge in [0.05, 0.1) is 19.0 Å². The molecule has 0 amide bonds. The van der Waals surface area contributed by atoms with Crippen LogP contribution in [0.1, 0.15) is 16.0 Å². The maximum absolute atomic E-state index is 6.10. The first-order chi connectivity index (χ1) is 9.56. The lowest BCUT2D eigenvalue weighted by molar-refractivity contribution is 0.399. The highest BCUT2D eigenvalue weighted by Gasteiger charge is 2.19. The summed E-state index contributed by atoms with van der Waals surface area (Å²) in [5.41, 5.74) is 2.11. The molecular formula is C15H13BrClIO2. The lowest BCUT2D eigenvalue weighted by Crippen LogP contribution is -2.00. The third kappa shape index (κ3) is 3.40. The molecule has 0 bridgehead atoms. The van der Waals surface area contributed by atoms with Crippen LogP contribution in [-0.2, 0) is 0 Å². The van der Waals surface area contributed by atoms with Gasteiger partial charge in [-0.3, -0.25) is 0 Å². The van der Waals surface area contributed by atoms with Gasteiger partial charge in [0, 0.05) is 14.2 Å². The Morgan fingerprint density at radius 1 is 1.05 bits per heavy atom. The topological polar surface area (TPSA) is 18.5 Å². The van der Waals surface area contributed by atoms with Crippen molar-refractivity contribution in [3.63, 3.8) is 0 Å². The van der Waals surface area contributed by atoms with Crippen LogP contribution < -0.4 is 9.47 Å². The van der Waals surface area contributed by atoms with Crippen LogP contribution in [0.2, 0.25) is 5.02 Å². The SMILES string of the molecule is COc1ccc(OC)c(C(Br)c2cc(Cl)ccc2I)c1. The zero-order valence-corrected chi connectivity index (χ0v) is 15.5. The van der Waals surface area contributed by atoms with Crippen molar-refractivity contribution in [2.75, 3.05) is 14.2 Å².